The van der Waals surface area contributed by atoms with E-state index in [-0.39, 0.29) is 0 Å². The number of nitrogens with one attached hydrogen (secondary N) is 1. The first-order valence-electron chi connectivity index (χ1n) is 5.92. The molecule has 1 heterocycles. The minimum Gasteiger partial charge on any atom is -0.475 e. The zero-order valence-corrected chi connectivity index (χ0v) is 12.5. The van der Waals surface area contributed by atoms with E-state index in [1.54, 1.807) is 6.07 Å². The van der Waals surface area contributed by atoms with Gasteiger partial charge in [0.15, 0.2) is 0 Å². The van der Waals surface area contributed by atoms with Crippen molar-refractivity contribution in [2.75, 3.05) is 39.1 Å². The normalized spacial score (nSPS) is 10.8. The molecule has 1 aromatic heterocycles. The summed E-state index contributed by atoms with van der Waals surface area (Å²) in [6.07, 6.45) is 0.997. The van der Waals surface area contributed by atoms with Gasteiger partial charge in [-0.1, -0.05) is 30.1 Å². The van der Waals surface area contributed by atoms with Crippen LogP contribution >= 0.6 is 23.2 Å². The zero-order valence-electron chi connectivity index (χ0n) is 11.0. The third-order valence-electron chi connectivity index (χ3n) is 2.22. The summed E-state index contributed by atoms with van der Waals surface area (Å²) in [4.78, 5) is 6.32. The van der Waals surface area contributed by atoms with Crippen LogP contribution in [0, 0.1) is 0 Å². The number of nitrogens with zero attached hydrogens (tertiary/aromatic N) is 2. The summed E-state index contributed by atoms with van der Waals surface area (Å²) in [6, 6.07) is 1.65. The second-order valence-corrected chi connectivity index (χ2v) is 5.00. The molecule has 0 bridgehead atoms. The molecule has 0 saturated heterocycles. The number of pyridine rings is 1. The molecule has 0 atom stereocenters. The Morgan fingerprint density at radius 1 is 1.33 bits per heavy atom. The molecule has 0 aliphatic carbocycles. The van der Waals surface area contributed by atoms with Crippen molar-refractivity contribution < 1.29 is 4.74 Å². The van der Waals surface area contributed by atoms with Gasteiger partial charge in [-0.25, -0.2) is 0 Å². The molecule has 6 heteroatoms. The van der Waals surface area contributed by atoms with Crippen LogP contribution in [0.5, 0.6) is 5.88 Å². The minimum atomic E-state index is 0.418. The van der Waals surface area contributed by atoms with E-state index < -0.39 is 0 Å². The average molecular weight is 292 g/mol. The smallest absolute Gasteiger partial charge is 0.234 e. The highest BCUT2D eigenvalue weighted by Gasteiger charge is 2.10. The van der Waals surface area contributed by atoms with Crippen LogP contribution in [0.15, 0.2) is 6.07 Å². The van der Waals surface area contributed by atoms with E-state index in [2.05, 4.69) is 17.2 Å². The van der Waals surface area contributed by atoms with Gasteiger partial charge in [0.1, 0.15) is 17.4 Å². The van der Waals surface area contributed by atoms with Gasteiger partial charge in [-0.05, 0) is 26.6 Å². The van der Waals surface area contributed by atoms with Gasteiger partial charge in [0.2, 0.25) is 5.88 Å². The molecule has 102 valence electrons. The van der Waals surface area contributed by atoms with Crippen molar-refractivity contribution in [2.24, 2.45) is 0 Å². The Morgan fingerprint density at radius 3 is 2.67 bits per heavy atom. The van der Waals surface area contributed by atoms with E-state index in [1.807, 2.05) is 19.0 Å². The molecule has 1 aromatic rings. The fourth-order valence-electron chi connectivity index (χ4n) is 1.24. The van der Waals surface area contributed by atoms with Gasteiger partial charge >= 0.3 is 0 Å². The van der Waals surface area contributed by atoms with Crippen LogP contribution in [0.1, 0.15) is 13.3 Å². The molecular formula is C12H19Cl2N3O. The van der Waals surface area contributed by atoms with Crippen molar-refractivity contribution in [3.63, 3.8) is 0 Å². The number of ether oxygens (including phenoxy) is 1. The largest absolute Gasteiger partial charge is 0.475 e. The maximum absolute atomic E-state index is 6.05. The summed E-state index contributed by atoms with van der Waals surface area (Å²) in [6.45, 7) is 4.23. The highest BCUT2D eigenvalue weighted by Crippen LogP contribution is 2.30. The molecule has 4 nitrogen and oxygen atoms in total. The predicted octanol–water partition coefficient (Wildman–Crippen LogP) is 3.15. The lowest BCUT2D eigenvalue weighted by Crippen LogP contribution is -2.20. The average Bonchev–Trinajstić information content (AvgIpc) is 2.30. The minimum absolute atomic E-state index is 0.418. The number of hydrogen-bond acceptors (Lipinski definition) is 4. The fraction of sp³-hybridized carbons (Fsp3) is 0.583. The third-order valence-corrected chi connectivity index (χ3v) is 2.78. The topological polar surface area (TPSA) is 37.4 Å². The number of hydrogen-bond donors (Lipinski definition) is 1. The van der Waals surface area contributed by atoms with E-state index in [0.717, 1.165) is 19.5 Å². The molecule has 0 aliphatic heterocycles. The molecule has 0 radical (unpaired) electrons. The van der Waals surface area contributed by atoms with Gasteiger partial charge in [-0.2, -0.15) is 4.98 Å². The van der Waals surface area contributed by atoms with Gasteiger partial charge in [-0.15, -0.1) is 0 Å². The van der Waals surface area contributed by atoms with Crippen molar-refractivity contribution in [2.45, 2.75) is 13.3 Å². The summed E-state index contributed by atoms with van der Waals surface area (Å²) in [5.41, 5.74) is 0. The van der Waals surface area contributed by atoms with E-state index in [4.69, 9.17) is 27.9 Å². The maximum Gasteiger partial charge on any atom is 0.234 e. The van der Waals surface area contributed by atoms with Crippen LogP contribution in [0.3, 0.4) is 0 Å². The van der Waals surface area contributed by atoms with Crippen molar-refractivity contribution in [3.05, 3.63) is 16.1 Å². The maximum atomic E-state index is 6.05. The lowest BCUT2D eigenvalue weighted by molar-refractivity contribution is 0.254. The molecule has 18 heavy (non-hydrogen) atoms. The summed E-state index contributed by atoms with van der Waals surface area (Å²) in [5, 5.41) is 4.08. The Morgan fingerprint density at radius 2 is 2.06 bits per heavy atom. The van der Waals surface area contributed by atoms with E-state index in [9.17, 15) is 0 Å². The Bertz CT molecular complexity index is 386. The highest BCUT2D eigenvalue weighted by molar-refractivity contribution is 6.36. The van der Waals surface area contributed by atoms with E-state index in [0.29, 0.717) is 28.3 Å². The summed E-state index contributed by atoms with van der Waals surface area (Å²) in [7, 11) is 3.96. The SMILES string of the molecule is CCCNc1nc(OCCN(C)C)c(Cl)cc1Cl. The lowest BCUT2D eigenvalue weighted by Gasteiger charge is -2.13. The van der Waals surface area contributed by atoms with Gasteiger partial charge in [0.25, 0.3) is 0 Å². The highest BCUT2D eigenvalue weighted by atomic mass is 35.5. The van der Waals surface area contributed by atoms with Crippen molar-refractivity contribution in [3.8, 4) is 5.88 Å². The molecule has 0 fully saturated rings. The Labute approximate surface area is 118 Å². The first-order chi connectivity index (χ1) is 8.54. The Hall–Kier alpha value is -0.710. The number of aromatic nitrogens is 1. The Balaban J connectivity index is 2.71. The second kappa shape index (κ2) is 7.67. The second-order valence-electron chi connectivity index (χ2n) is 4.18. The van der Waals surface area contributed by atoms with E-state index in [1.165, 1.54) is 0 Å². The van der Waals surface area contributed by atoms with Crippen LogP contribution in [0.4, 0.5) is 5.82 Å². The van der Waals surface area contributed by atoms with Gasteiger partial charge in [0.05, 0.1) is 5.02 Å². The van der Waals surface area contributed by atoms with Crippen LogP contribution in [0.25, 0.3) is 0 Å². The quantitative estimate of drug-likeness (QED) is 0.837. The van der Waals surface area contributed by atoms with Crippen LogP contribution in [-0.2, 0) is 0 Å². The molecule has 1 rings (SSSR count). The van der Waals surface area contributed by atoms with E-state index >= 15 is 0 Å². The zero-order chi connectivity index (χ0) is 13.5. The standard InChI is InChI=1S/C12H19Cl2N3O/c1-4-5-15-11-9(13)8-10(14)12(16-11)18-7-6-17(2)3/h8H,4-7H2,1-3H3,(H,15,16). The fourth-order valence-corrected chi connectivity index (χ4v) is 1.72. The first-order valence-corrected chi connectivity index (χ1v) is 6.67. The molecule has 0 saturated carbocycles. The number of anilines is 1. The van der Waals surface area contributed by atoms with Crippen molar-refractivity contribution >= 4 is 29.0 Å². The predicted molar refractivity (Wildman–Crippen MR) is 77.1 cm³/mol. The molecular weight excluding hydrogens is 273 g/mol. The summed E-state index contributed by atoms with van der Waals surface area (Å²) < 4.78 is 5.54. The van der Waals surface area contributed by atoms with Gasteiger partial charge < -0.3 is 15.0 Å². The molecule has 0 unspecified atom stereocenters. The third kappa shape index (κ3) is 4.88. The number of halogens is 2. The molecule has 0 amide bonds. The number of rotatable bonds is 7. The van der Waals surface area contributed by atoms with Crippen molar-refractivity contribution in [1.29, 1.82) is 0 Å². The lowest BCUT2D eigenvalue weighted by atomic mass is 10.4. The molecule has 0 spiro atoms. The summed E-state index contributed by atoms with van der Waals surface area (Å²) >= 11 is 12.1. The first kappa shape index (κ1) is 15.3. The van der Waals surface area contributed by atoms with Gasteiger partial charge in [-0.3, -0.25) is 0 Å². The van der Waals surface area contributed by atoms with Crippen LogP contribution in [-0.4, -0.2) is 43.7 Å². The summed E-state index contributed by atoms with van der Waals surface area (Å²) in [5.74, 6) is 1.03. The molecule has 0 aliphatic rings. The molecule has 1 N–H and O–H groups in total. The molecule has 0 aromatic carbocycles. The van der Waals surface area contributed by atoms with Crippen molar-refractivity contribution in [1.82, 2.24) is 9.88 Å². The monoisotopic (exact) mass is 291 g/mol. The van der Waals surface area contributed by atoms with Crippen LogP contribution in [0.2, 0.25) is 10.0 Å². The number of likely N-dealkylation sites (N-methyl/N-ethyl adjacent to an activating group) is 1. The van der Waals surface area contributed by atoms with Crippen LogP contribution < -0.4 is 10.1 Å². The van der Waals surface area contributed by atoms with Gasteiger partial charge in [0, 0.05) is 13.1 Å². The Kier molecular flexibility index (Phi) is 6.54.